The van der Waals surface area contributed by atoms with Crippen molar-refractivity contribution in [1.82, 2.24) is 4.90 Å². The van der Waals surface area contributed by atoms with Crippen LogP contribution in [-0.2, 0) is 34.5 Å². The Kier molecular flexibility index (Phi) is 15.7. The molecule has 2 rings (SSSR count). The van der Waals surface area contributed by atoms with E-state index in [0.29, 0.717) is 19.1 Å². The number of carbonyl (C=O) groups is 2. The molecular formula is C35H63NO6Si2. The Labute approximate surface area is 271 Å². The van der Waals surface area contributed by atoms with Crippen molar-refractivity contribution in [2.75, 3.05) is 40.5 Å². The lowest BCUT2D eigenvalue weighted by Gasteiger charge is -2.38. The Morgan fingerprint density at radius 1 is 0.864 bits per heavy atom. The van der Waals surface area contributed by atoms with Crippen LogP contribution < -0.4 is 0 Å². The smallest absolute Gasteiger partial charge is 0.330 e. The van der Waals surface area contributed by atoms with E-state index in [9.17, 15) is 9.59 Å². The summed E-state index contributed by atoms with van der Waals surface area (Å²) >= 11 is 0. The Bertz CT molecular complexity index is 1050. The lowest BCUT2D eigenvalue weighted by Crippen LogP contribution is -2.43. The van der Waals surface area contributed by atoms with Gasteiger partial charge in [-0.2, -0.15) is 0 Å². The predicted octanol–water partition coefficient (Wildman–Crippen LogP) is 7.94. The number of esters is 2. The first-order valence-corrected chi connectivity index (χ1v) is 21.8. The molecule has 252 valence electrons. The van der Waals surface area contributed by atoms with Crippen LogP contribution in [0.3, 0.4) is 0 Å². The van der Waals surface area contributed by atoms with Crippen LogP contribution in [0.15, 0.2) is 42.5 Å². The van der Waals surface area contributed by atoms with Gasteiger partial charge in [-0.1, -0.05) is 91.8 Å². The van der Waals surface area contributed by atoms with E-state index in [1.165, 1.54) is 25.9 Å². The molecule has 7 nitrogen and oxygen atoms in total. The second kappa shape index (κ2) is 17.2. The number of hydrogen-bond donors (Lipinski definition) is 0. The highest BCUT2D eigenvalue weighted by molar-refractivity contribution is 6.74. The van der Waals surface area contributed by atoms with E-state index in [1.807, 2.05) is 19.1 Å². The van der Waals surface area contributed by atoms with Gasteiger partial charge in [-0.3, -0.25) is 9.69 Å². The molecule has 0 aliphatic carbocycles. The first kappa shape index (κ1) is 40.2. The van der Waals surface area contributed by atoms with E-state index in [0.717, 1.165) is 19.6 Å². The number of carbonyl (C=O) groups excluding carboxylic acids is 2. The maximum absolute atomic E-state index is 12.4. The number of benzene rings is 1. The molecule has 1 aliphatic heterocycles. The monoisotopic (exact) mass is 649 g/mol. The minimum atomic E-state index is -1.78. The number of likely N-dealkylation sites (tertiary alicyclic amines) is 1. The van der Waals surface area contributed by atoms with Gasteiger partial charge in [0.2, 0.25) is 0 Å². The van der Waals surface area contributed by atoms with Gasteiger partial charge in [-0.15, -0.1) is 0 Å². The summed E-state index contributed by atoms with van der Waals surface area (Å²) in [5, 5.41) is 0.419. The molecule has 1 aliphatic rings. The van der Waals surface area contributed by atoms with E-state index in [4.69, 9.17) is 13.6 Å². The molecule has 0 radical (unpaired) electrons. The van der Waals surface area contributed by atoms with Crippen molar-refractivity contribution in [3.05, 3.63) is 48.0 Å². The highest BCUT2D eigenvalue weighted by atomic mass is 28.4. The van der Waals surface area contributed by atoms with Crippen molar-refractivity contribution in [2.45, 2.75) is 98.2 Å². The largest absolute Gasteiger partial charge is 0.469 e. The van der Waals surface area contributed by atoms with Gasteiger partial charge in [-0.25, -0.2) is 4.79 Å². The van der Waals surface area contributed by atoms with Crippen molar-refractivity contribution < 1.29 is 27.9 Å². The third-order valence-electron chi connectivity index (χ3n) is 9.71. The van der Waals surface area contributed by atoms with E-state index in [1.54, 1.807) is 0 Å². The average Bonchev–Trinajstić information content (AvgIpc) is 3.36. The molecule has 1 heterocycles. The molecule has 1 aromatic rings. The second-order valence-electron chi connectivity index (χ2n) is 15.5. The minimum absolute atomic E-state index is 0.0725. The fourth-order valence-corrected chi connectivity index (χ4v) is 6.69. The quantitative estimate of drug-likeness (QED) is 0.129. The summed E-state index contributed by atoms with van der Waals surface area (Å²) in [6.07, 6.45) is 3.29. The minimum Gasteiger partial charge on any atom is -0.469 e. The molecular weight excluding hydrogens is 587 g/mol. The summed E-state index contributed by atoms with van der Waals surface area (Å²) in [5.41, 5.74) is 1.28. The lowest BCUT2D eigenvalue weighted by molar-refractivity contribution is -0.147. The molecule has 0 saturated carbocycles. The standard InChI is InChI=1S/C22H37NO3Si.C13H26O3Si/c1-17(16-26-27(6,7)22(2,3)4)19-14-23(15-20(19)21(24)25-5)13-18-11-9-8-10-12-18;1-11(8-9-12(14)15-5)10-16-17(6,7)13(2,3)4/h8-12,17,19-20H,13-16H2,1-7H3;8-9,11H,10H2,1-7H3/b;9-8+/t;11-/m.0/s1. The number of hydrogen-bond acceptors (Lipinski definition) is 7. The Morgan fingerprint density at radius 3 is 1.86 bits per heavy atom. The van der Waals surface area contributed by atoms with Gasteiger partial charge in [-0.05, 0) is 59.6 Å². The molecule has 0 aromatic heterocycles. The molecule has 0 spiro atoms. The Morgan fingerprint density at radius 2 is 1.39 bits per heavy atom. The second-order valence-corrected chi connectivity index (χ2v) is 25.1. The van der Waals surface area contributed by atoms with Crippen molar-refractivity contribution in [2.24, 2.45) is 23.7 Å². The molecule has 0 amide bonds. The molecule has 1 saturated heterocycles. The number of methoxy groups -OCH3 is 2. The van der Waals surface area contributed by atoms with Crippen LogP contribution in [-0.4, -0.2) is 74.0 Å². The molecule has 1 aromatic carbocycles. The predicted molar refractivity (Wildman–Crippen MR) is 186 cm³/mol. The molecule has 9 heteroatoms. The molecule has 44 heavy (non-hydrogen) atoms. The zero-order valence-electron chi connectivity index (χ0n) is 30.3. The fraction of sp³-hybridized carbons (Fsp3) is 0.714. The van der Waals surface area contributed by atoms with Crippen LogP contribution in [0.1, 0.15) is 61.0 Å². The molecule has 0 bridgehead atoms. The summed E-state index contributed by atoms with van der Waals surface area (Å²) in [5.74, 6) is 0.341. The van der Waals surface area contributed by atoms with Crippen LogP contribution in [0.5, 0.6) is 0 Å². The zero-order chi connectivity index (χ0) is 33.9. The highest BCUT2D eigenvalue weighted by Gasteiger charge is 2.43. The summed E-state index contributed by atoms with van der Waals surface area (Å²) < 4.78 is 22.2. The summed E-state index contributed by atoms with van der Waals surface area (Å²) in [6.45, 7) is 30.6. The molecule has 0 N–H and O–H groups in total. The normalized spacial score (nSPS) is 19.7. The van der Waals surface area contributed by atoms with Crippen molar-refractivity contribution in [3.63, 3.8) is 0 Å². The van der Waals surface area contributed by atoms with Crippen LogP contribution in [0.2, 0.25) is 36.3 Å². The van der Waals surface area contributed by atoms with Gasteiger partial charge in [0.05, 0.1) is 20.1 Å². The van der Waals surface area contributed by atoms with Gasteiger partial charge < -0.3 is 18.3 Å². The third kappa shape index (κ3) is 12.9. The van der Waals surface area contributed by atoms with Crippen LogP contribution in [0.4, 0.5) is 0 Å². The average molecular weight is 650 g/mol. The molecule has 1 fully saturated rings. The summed E-state index contributed by atoms with van der Waals surface area (Å²) in [7, 11) is -0.592. The van der Waals surface area contributed by atoms with Crippen molar-refractivity contribution in [1.29, 1.82) is 0 Å². The van der Waals surface area contributed by atoms with E-state index < -0.39 is 16.6 Å². The van der Waals surface area contributed by atoms with E-state index >= 15 is 0 Å². The SMILES string of the molecule is COC(=O)/C=C/[C@H](C)CO[Si](C)(C)C(C)(C)C.COC(=O)C1CN(Cc2ccccc2)CC1C(C)CO[Si](C)(C)C(C)(C)C. The first-order chi connectivity index (χ1) is 20.1. The lowest BCUT2D eigenvalue weighted by atomic mass is 9.85. The fourth-order valence-electron chi connectivity index (χ4n) is 4.46. The number of ether oxygens (including phenoxy) is 2. The summed E-state index contributed by atoms with van der Waals surface area (Å²) in [6, 6.07) is 10.5. The third-order valence-corrected chi connectivity index (χ3v) is 18.7. The van der Waals surface area contributed by atoms with E-state index in [2.05, 4.69) is 109 Å². The summed E-state index contributed by atoms with van der Waals surface area (Å²) in [4.78, 5) is 25.7. The van der Waals surface area contributed by atoms with E-state index in [-0.39, 0.29) is 39.8 Å². The van der Waals surface area contributed by atoms with Gasteiger partial charge in [0.15, 0.2) is 16.6 Å². The van der Waals surface area contributed by atoms with Crippen LogP contribution in [0.25, 0.3) is 0 Å². The molecule has 3 unspecified atom stereocenters. The van der Waals surface area contributed by atoms with Crippen LogP contribution >= 0.6 is 0 Å². The first-order valence-electron chi connectivity index (χ1n) is 16.0. The van der Waals surface area contributed by atoms with Gasteiger partial charge in [0, 0.05) is 38.9 Å². The Hall–Kier alpha value is -1.79. The van der Waals surface area contributed by atoms with Gasteiger partial charge >= 0.3 is 11.9 Å². The maximum Gasteiger partial charge on any atom is 0.330 e. The van der Waals surface area contributed by atoms with Crippen molar-refractivity contribution in [3.8, 4) is 0 Å². The number of rotatable bonds is 12. The topological polar surface area (TPSA) is 74.3 Å². The zero-order valence-corrected chi connectivity index (χ0v) is 32.3. The maximum atomic E-state index is 12.4. The molecule has 4 atom stereocenters. The van der Waals surface area contributed by atoms with Crippen molar-refractivity contribution >= 4 is 28.6 Å². The van der Waals surface area contributed by atoms with Gasteiger partial charge in [0.25, 0.3) is 0 Å². The number of nitrogens with zero attached hydrogens (tertiary/aromatic N) is 1. The Balaban J connectivity index is 0.000000493. The van der Waals surface area contributed by atoms with Gasteiger partial charge in [0.1, 0.15) is 0 Å². The highest BCUT2D eigenvalue weighted by Crippen LogP contribution is 2.39. The van der Waals surface area contributed by atoms with Crippen LogP contribution in [0, 0.1) is 23.7 Å².